The summed E-state index contributed by atoms with van der Waals surface area (Å²) in [7, 11) is 1.55. The van der Waals surface area contributed by atoms with E-state index in [4.69, 9.17) is 9.47 Å². The van der Waals surface area contributed by atoms with Gasteiger partial charge in [0.1, 0.15) is 12.4 Å². The van der Waals surface area contributed by atoms with E-state index in [1.54, 1.807) is 26.2 Å². The first-order valence-corrected chi connectivity index (χ1v) is 12.4. The first kappa shape index (κ1) is 25.7. The molecule has 0 spiro atoms. The van der Waals surface area contributed by atoms with E-state index >= 15 is 0 Å². The Labute approximate surface area is 214 Å². The van der Waals surface area contributed by atoms with Crippen LogP contribution in [0.3, 0.4) is 0 Å². The van der Waals surface area contributed by atoms with E-state index in [2.05, 4.69) is 10.3 Å². The van der Waals surface area contributed by atoms with Crippen LogP contribution in [0.5, 0.6) is 0 Å². The van der Waals surface area contributed by atoms with Gasteiger partial charge in [-0.3, -0.25) is 4.79 Å². The van der Waals surface area contributed by atoms with Crippen LogP contribution in [0.2, 0.25) is 0 Å². The highest BCUT2D eigenvalue weighted by molar-refractivity contribution is 8.16. The smallest absolute Gasteiger partial charge is 0.338 e. The Morgan fingerprint density at radius 3 is 2.50 bits per heavy atom. The van der Waals surface area contributed by atoms with Crippen LogP contribution in [0.4, 0.5) is 4.39 Å². The monoisotopic (exact) mass is 509 g/mol. The van der Waals surface area contributed by atoms with Gasteiger partial charge in [-0.25, -0.2) is 14.2 Å². The number of carbonyl (C=O) groups excluding carboxylic acids is 2. The third-order valence-corrected chi connectivity index (χ3v) is 6.77. The number of hydrogen-bond acceptors (Lipinski definition) is 7. The molecule has 1 N–H and O–H groups in total. The number of esters is 1. The molecule has 7 nitrogen and oxygen atoms in total. The SMILES string of the molecule is COCCOC(=O)C1=C(C)N=C2SC=C(CC(=O)NCc3ccc(F)cc3)N2C1c1ccc(C)cc1. The number of amidine groups is 1. The number of allylic oxidation sites excluding steroid dienone is 1. The summed E-state index contributed by atoms with van der Waals surface area (Å²) in [5.74, 6) is -0.974. The van der Waals surface area contributed by atoms with E-state index in [9.17, 15) is 14.0 Å². The largest absolute Gasteiger partial charge is 0.460 e. The lowest BCUT2D eigenvalue weighted by atomic mass is 9.93. The summed E-state index contributed by atoms with van der Waals surface area (Å²) in [4.78, 5) is 32.6. The van der Waals surface area contributed by atoms with E-state index in [1.807, 2.05) is 41.5 Å². The molecule has 0 aliphatic carbocycles. The molecule has 1 unspecified atom stereocenters. The zero-order valence-corrected chi connectivity index (χ0v) is 21.2. The second-order valence-electron chi connectivity index (χ2n) is 8.51. The number of benzene rings is 2. The second kappa shape index (κ2) is 11.5. The van der Waals surface area contributed by atoms with Crippen LogP contribution >= 0.6 is 11.8 Å². The van der Waals surface area contributed by atoms with Crippen molar-refractivity contribution in [2.24, 2.45) is 4.99 Å². The second-order valence-corrected chi connectivity index (χ2v) is 9.35. The molecule has 0 bridgehead atoms. The molecule has 0 fully saturated rings. The van der Waals surface area contributed by atoms with Crippen LogP contribution in [0.1, 0.15) is 36.1 Å². The maximum Gasteiger partial charge on any atom is 0.338 e. The summed E-state index contributed by atoms with van der Waals surface area (Å²) >= 11 is 1.42. The molecule has 0 saturated heterocycles. The Balaban J connectivity index is 1.57. The number of rotatable bonds is 9. The number of amides is 1. The Morgan fingerprint density at radius 1 is 1.08 bits per heavy atom. The number of ether oxygens (including phenoxy) is 2. The van der Waals surface area contributed by atoms with Crippen molar-refractivity contribution in [1.82, 2.24) is 10.2 Å². The molecule has 2 heterocycles. The lowest BCUT2D eigenvalue weighted by Gasteiger charge is -2.36. The minimum Gasteiger partial charge on any atom is -0.460 e. The Kier molecular flexibility index (Phi) is 8.22. The third kappa shape index (κ3) is 5.85. The van der Waals surface area contributed by atoms with E-state index < -0.39 is 12.0 Å². The highest BCUT2D eigenvalue weighted by Crippen LogP contribution is 2.44. The molecule has 4 rings (SSSR count). The van der Waals surface area contributed by atoms with Crippen molar-refractivity contribution in [1.29, 1.82) is 0 Å². The van der Waals surface area contributed by atoms with E-state index in [-0.39, 0.29) is 31.3 Å². The van der Waals surface area contributed by atoms with Crippen molar-refractivity contribution in [2.45, 2.75) is 32.9 Å². The van der Waals surface area contributed by atoms with Crippen molar-refractivity contribution in [3.05, 3.63) is 93.4 Å². The zero-order chi connectivity index (χ0) is 25.7. The van der Waals surface area contributed by atoms with Crippen LogP contribution in [0, 0.1) is 12.7 Å². The summed E-state index contributed by atoms with van der Waals surface area (Å²) in [6.45, 7) is 4.51. The normalized spacial score (nSPS) is 16.9. The van der Waals surface area contributed by atoms with Crippen LogP contribution in [-0.2, 0) is 25.6 Å². The van der Waals surface area contributed by atoms with Crippen molar-refractivity contribution in [3.8, 4) is 0 Å². The molecule has 9 heteroatoms. The summed E-state index contributed by atoms with van der Waals surface area (Å²) in [6, 6.07) is 13.5. The van der Waals surface area contributed by atoms with Crippen molar-refractivity contribution in [2.75, 3.05) is 20.3 Å². The van der Waals surface area contributed by atoms with Crippen LogP contribution in [-0.4, -0.2) is 42.3 Å². The van der Waals surface area contributed by atoms with Gasteiger partial charge in [-0.15, -0.1) is 0 Å². The number of nitrogens with zero attached hydrogens (tertiary/aromatic N) is 2. The number of methoxy groups -OCH3 is 1. The maximum atomic E-state index is 13.2. The Morgan fingerprint density at radius 2 is 1.81 bits per heavy atom. The van der Waals surface area contributed by atoms with Gasteiger partial charge in [0, 0.05) is 19.4 Å². The van der Waals surface area contributed by atoms with Crippen molar-refractivity contribution >= 4 is 28.8 Å². The van der Waals surface area contributed by atoms with Gasteiger partial charge in [0.15, 0.2) is 5.17 Å². The summed E-state index contributed by atoms with van der Waals surface area (Å²) in [6.07, 6.45) is 0.0978. The predicted octanol–water partition coefficient (Wildman–Crippen LogP) is 4.61. The Hall–Kier alpha value is -3.43. The molecule has 2 aromatic rings. The molecule has 2 aliphatic rings. The summed E-state index contributed by atoms with van der Waals surface area (Å²) in [5.41, 5.74) is 4.54. The van der Waals surface area contributed by atoms with Crippen LogP contribution in [0.15, 0.2) is 75.9 Å². The number of carbonyl (C=O) groups is 2. The molecule has 0 aromatic heterocycles. The standard InChI is InChI=1S/C27H28FN3O4S/c1-17-4-8-20(9-5-17)25-24(26(33)35-13-12-34-3)18(2)30-27-31(25)22(16-36-27)14-23(32)29-15-19-6-10-21(28)11-7-19/h4-11,16,25H,12-15H2,1-3H3,(H,29,32). The zero-order valence-electron chi connectivity index (χ0n) is 20.4. The lowest BCUT2D eigenvalue weighted by Crippen LogP contribution is -2.38. The maximum absolute atomic E-state index is 13.2. The molecule has 0 saturated carbocycles. The third-order valence-electron chi connectivity index (χ3n) is 5.88. The fourth-order valence-corrected chi connectivity index (χ4v) is 4.98. The molecular formula is C27H28FN3O4S. The van der Waals surface area contributed by atoms with Crippen molar-refractivity contribution < 1.29 is 23.5 Å². The molecular weight excluding hydrogens is 481 g/mol. The average molecular weight is 510 g/mol. The molecule has 1 amide bonds. The van der Waals surface area contributed by atoms with Gasteiger partial charge in [0.05, 0.1) is 30.3 Å². The van der Waals surface area contributed by atoms with Gasteiger partial charge < -0.3 is 19.7 Å². The van der Waals surface area contributed by atoms with Gasteiger partial charge in [0.2, 0.25) is 5.91 Å². The molecule has 36 heavy (non-hydrogen) atoms. The molecule has 1 atom stereocenters. The van der Waals surface area contributed by atoms with Gasteiger partial charge in [-0.2, -0.15) is 0 Å². The minimum atomic E-state index is -0.487. The van der Waals surface area contributed by atoms with Gasteiger partial charge >= 0.3 is 5.97 Å². The highest BCUT2D eigenvalue weighted by Gasteiger charge is 2.41. The molecule has 2 aliphatic heterocycles. The van der Waals surface area contributed by atoms with E-state index in [0.29, 0.717) is 23.0 Å². The summed E-state index contributed by atoms with van der Waals surface area (Å²) in [5, 5.41) is 5.48. The van der Waals surface area contributed by atoms with E-state index in [0.717, 1.165) is 22.4 Å². The molecule has 188 valence electrons. The summed E-state index contributed by atoms with van der Waals surface area (Å²) < 4.78 is 23.7. The fraction of sp³-hybridized carbons (Fsp3) is 0.296. The number of thioether (sulfide) groups is 1. The number of aliphatic imine (C=N–C) groups is 1. The minimum absolute atomic E-state index is 0.0978. The van der Waals surface area contributed by atoms with E-state index in [1.165, 1.54) is 23.9 Å². The van der Waals surface area contributed by atoms with Gasteiger partial charge in [-0.05, 0) is 42.5 Å². The van der Waals surface area contributed by atoms with Gasteiger partial charge in [-0.1, -0.05) is 53.7 Å². The van der Waals surface area contributed by atoms with Crippen LogP contribution in [0.25, 0.3) is 0 Å². The van der Waals surface area contributed by atoms with Crippen LogP contribution < -0.4 is 5.32 Å². The first-order chi connectivity index (χ1) is 17.4. The number of fused-ring (bicyclic) bond motifs is 1. The number of nitrogens with one attached hydrogen (secondary N) is 1. The quantitative estimate of drug-likeness (QED) is 0.393. The number of aryl methyl sites for hydroxylation is 1. The van der Waals surface area contributed by atoms with Crippen molar-refractivity contribution in [3.63, 3.8) is 0 Å². The molecule has 0 radical (unpaired) electrons. The molecule has 2 aromatic carbocycles. The predicted molar refractivity (Wildman–Crippen MR) is 137 cm³/mol. The topological polar surface area (TPSA) is 80.2 Å². The highest BCUT2D eigenvalue weighted by atomic mass is 32.2. The Bertz CT molecular complexity index is 1220. The fourth-order valence-electron chi connectivity index (χ4n) is 4.02. The van der Waals surface area contributed by atoms with Gasteiger partial charge in [0.25, 0.3) is 0 Å². The lowest BCUT2D eigenvalue weighted by molar-refractivity contribution is -0.141. The number of halogens is 1. The average Bonchev–Trinajstić information content (AvgIpc) is 3.25. The number of hydrogen-bond donors (Lipinski definition) is 1. The first-order valence-electron chi connectivity index (χ1n) is 11.6.